The van der Waals surface area contributed by atoms with Crippen molar-refractivity contribution in [3.05, 3.63) is 24.3 Å². The quantitative estimate of drug-likeness (QED) is 0.745. The van der Waals surface area contributed by atoms with Crippen LogP contribution in [-0.4, -0.2) is 58.0 Å². The first-order valence-electron chi connectivity index (χ1n) is 8.10. The van der Waals surface area contributed by atoms with Crippen LogP contribution in [0.2, 0.25) is 0 Å². The molecule has 0 aromatic heterocycles. The summed E-state index contributed by atoms with van der Waals surface area (Å²) < 4.78 is 33.4. The molecule has 134 valence electrons. The second kappa shape index (κ2) is 8.37. The lowest BCUT2D eigenvalue weighted by atomic mass is 9.99. The minimum absolute atomic E-state index is 0.0578. The number of amides is 1. The van der Waals surface area contributed by atoms with Crippen molar-refractivity contribution in [2.75, 3.05) is 38.8 Å². The third-order valence-electron chi connectivity index (χ3n) is 4.09. The van der Waals surface area contributed by atoms with E-state index >= 15 is 0 Å². The molecule has 0 radical (unpaired) electrons. The van der Waals surface area contributed by atoms with Gasteiger partial charge >= 0.3 is 0 Å². The van der Waals surface area contributed by atoms with Crippen LogP contribution in [0.5, 0.6) is 11.5 Å². The van der Waals surface area contributed by atoms with Gasteiger partial charge in [0.1, 0.15) is 21.3 Å². The van der Waals surface area contributed by atoms with Gasteiger partial charge in [0.15, 0.2) is 0 Å². The molecule has 0 saturated carbocycles. The summed E-state index contributed by atoms with van der Waals surface area (Å²) >= 11 is 0. The number of carbonyl (C=O) groups excluding carboxylic acids is 1. The molecule has 6 nitrogen and oxygen atoms in total. The van der Waals surface area contributed by atoms with Gasteiger partial charge in [0.2, 0.25) is 5.91 Å². The Morgan fingerprint density at radius 1 is 1.33 bits per heavy atom. The van der Waals surface area contributed by atoms with Crippen molar-refractivity contribution in [2.45, 2.75) is 19.3 Å². The fourth-order valence-electron chi connectivity index (χ4n) is 2.76. The third-order valence-corrected chi connectivity index (χ3v) is 5.03. The normalized spacial score (nSPS) is 18.2. The highest BCUT2D eigenvalue weighted by Crippen LogP contribution is 2.22. The van der Waals surface area contributed by atoms with E-state index in [1.165, 1.54) is 0 Å². The second-order valence-electron chi connectivity index (χ2n) is 6.22. The Morgan fingerprint density at radius 2 is 2.08 bits per heavy atom. The Bertz CT molecular complexity index is 659. The molecular weight excluding hydrogens is 330 g/mol. The summed E-state index contributed by atoms with van der Waals surface area (Å²) in [6, 6.07) is 7.43. The van der Waals surface area contributed by atoms with Crippen LogP contribution in [0, 0.1) is 5.92 Å². The average molecular weight is 355 g/mol. The van der Waals surface area contributed by atoms with Crippen LogP contribution in [0.25, 0.3) is 0 Å². The molecule has 2 rings (SSSR count). The number of carbonyl (C=O) groups is 1. The molecule has 1 aromatic rings. The highest BCUT2D eigenvalue weighted by Gasteiger charge is 2.24. The highest BCUT2D eigenvalue weighted by molar-refractivity contribution is 7.90. The van der Waals surface area contributed by atoms with Crippen molar-refractivity contribution in [1.82, 2.24) is 4.90 Å². The monoisotopic (exact) mass is 355 g/mol. The number of rotatable bonds is 7. The summed E-state index contributed by atoms with van der Waals surface area (Å²) in [5.74, 6) is 1.56. The van der Waals surface area contributed by atoms with Gasteiger partial charge in [-0.2, -0.15) is 0 Å². The second-order valence-corrected chi connectivity index (χ2v) is 8.48. The molecule has 0 N–H and O–H groups in total. The third kappa shape index (κ3) is 6.03. The van der Waals surface area contributed by atoms with E-state index in [0.717, 1.165) is 30.6 Å². The van der Waals surface area contributed by atoms with Gasteiger partial charge in [-0.25, -0.2) is 8.42 Å². The predicted molar refractivity (Wildman–Crippen MR) is 92.1 cm³/mol. The molecule has 0 spiro atoms. The van der Waals surface area contributed by atoms with Crippen LogP contribution >= 0.6 is 0 Å². The molecule has 1 aromatic carbocycles. The number of hydrogen-bond acceptors (Lipinski definition) is 5. The maximum Gasteiger partial charge on any atom is 0.223 e. The molecule has 1 fully saturated rings. The number of sulfone groups is 1. The lowest BCUT2D eigenvalue weighted by molar-refractivity contribution is -0.132. The molecule has 0 aliphatic carbocycles. The minimum Gasteiger partial charge on any atom is -0.497 e. The first-order valence-corrected chi connectivity index (χ1v) is 10.2. The van der Waals surface area contributed by atoms with Gasteiger partial charge in [0.25, 0.3) is 0 Å². The van der Waals surface area contributed by atoms with Gasteiger partial charge in [-0.1, -0.05) is 6.07 Å². The van der Waals surface area contributed by atoms with Crippen LogP contribution < -0.4 is 9.47 Å². The largest absolute Gasteiger partial charge is 0.497 e. The Labute approximate surface area is 143 Å². The summed E-state index contributed by atoms with van der Waals surface area (Å²) in [6.07, 6.45) is 3.13. The van der Waals surface area contributed by atoms with Crippen molar-refractivity contribution in [3.8, 4) is 11.5 Å². The van der Waals surface area contributed by atoms with E-state index in [2.05, 4.69) is 0 Å². The molecule has 24 heavy (non-hydrogen) atoms. The number of ether oxygens (including phenoxy) is 2. The number of methoxy groups -OCH3 is 1. The first kappa shape index (κ1) is 18.6. The van der Waals surface area contributed by atoms with Crippen LogP contribution in [0.15, 0.2) is 24.3 Å². The van der Waals surface area contributed by atoms with Gasteiger partial charge in [-0.15, -0.1) is 0 Å². The van der Waals surface area contributed by atoms with E-state index < -0.39 is 9.84 Å². The van der Waals surface area contributed by atoms with Crippen LogP contribution in [0.4, 0.5) is 0 Å². The molecular formula is C17H25NO5S. The molecule has 1 aliphatic heterocycles. The Morgan fingerprint density at radius 3 is 2.79 bits per heavy atom. The number of benzene rings is 1. The summed E-state index contributed by atoms with van der Waals surface area (Å²) in [7, 11) is -1.50. The van der Waals surface area contributed by atoms with Crippen molar-refractivity contribution in [2.24, 2.45) is 5.92 Å². The standard InChI is InChI=1S/C17H25NO5S/c1-22-15-6-3-7-16(11-15)23-13-14-5-4-9-18(12-14)17(19)8-10-24(2,20)21/h3,6-7,11,14H,4-5,8-10,12-13H2,1-2H3. The molecule has 1 saturated heterocycles. The van der Waals surface area contributed by atoms with Crippen molar-refractivity contribution in [1.29, 1.82) is 0 Å². The van der Waals surface area contributed by atoms with Crippen molar-refractivity contribution < 1.29 is 22.7 Å². The van der Waals surface area contributed by atoms with E-state index in [0.29, 0.717) is 19.7 Å². The van der Waals surface area contributed by atoms with Crippen molar-refractivity contribution in [3.63, 3.8) is 0 Å². The predicted octanol–water partition coefficient (Wildman–Crippen LogP) is 1.75. The average Bonchev–Trinajstić information content (AvgIpc) is 2.57. The number of piperidine rings is 1. The Balaban J connectivity index is 1.83. The first-order chi connectivity index (χ1) is 11.4. The summed E-state index contributed by atoms with van der Waals surface area (Å²) in [5, 5.41) is 0. The molecule has 1 heterocycles. The fraction of sp³-hybridized carbons (Fsp3) is 0.588. The van der Waals surface area contributed by atoms with Gasteiger partial charge in [0.05, 0.1) is 19.5 Å². The molecule has 1 atom stereocenters. The summed E-state index contributed by atoms with van der Waals surface area (Å²) in [5.41, 5.74) is 0. The molecule has 1 unspecified atom stereocenters. The molecule has 0 bridgehead atoms. The number of likely N-dealkylation sites (tertiary alicyclic amines) is 1. The zero-order chi connectivity index (χ0) is 17.6. The lowest BCUT2D eigenvalue weighted by Gasteiger charge is -2.32. The van der Waals surface area contributed by atoms with E-state index in [-0.39, 0.29) is 24.0 Å². The fourth-order valence-corrected chi connectivity index (χ4v) is 3.31. The topological polar surface area (TPSA) is 72.9 Å². The van der Waals surface area contributed by atoms with Gasteiger partial charge < -0.3 is 14.4 Å². The number of nitrogens with zero attached hydrogens (tertiary/aromatic N) is 1. The van der Waals surface area contributed by atoms with Crippen molar-refractivity contribution >= 4 is 15.7 Å². The van der Waals surface area contributed by atoms with E-state index in [9.17, 15) is 13.2 Å². The molecule has 1 aliphatic rings. The van der Waals surface area contributed by atoms with Gasteiger partial charge in [-0.3, -0.25) is 4.79 Å². The Hall–Kier alpha value is -1.76. The highest BCUT2D eigenvalue weighted by atomic mass is 32.2. The SMILES string of the molecule is COc1cccc(OCC2CCCN(C(=O)CCS(C)(=O)=O)C2)c1. The van der Waals surface area contributed by atoms with E-state index in [1.54, 1.807) is 12.0 Å². The maximum absolute atomic E-state index is 12.2. The van der Waals surface area contributed by atoms with Gasteiger partial charge in [0, 0.05) is 37.8 Å². The zero-order valence-electron chi connectivity index (χ0n) is 14.2. The number of hydrogen-bond donors (Lipinski definition) is 0. The van der Waals surface area contributed by atoms with Crippen LogP contribution in [0.1, 0.15) is 19.3 Å². The molecule has 7 heteroatoms. The lowest BCUT2D eigenvalue weighted by Crippen LogP contribution is -2.42. The van der Waals surface area contributed by atoms with E-state index in [1.807, 2.05) is 24.3 Å². The maximum atomic E-state index is 12.2. The van der Waals surface area contributed by atoms with E-state index in [4.69, 9.17) is 9.47 Å². The Kier molecular flexibility index (Phi) is 6.48. The molecule has 1 amide bonds. The summed E-state index contributed by atoms with van der Waals surface area (Å²) in [4.78, 5) is 13.9. The minimum atomic E-state index is -3.11. The summed E-state index contributed by atoms with van der Waals surface area (Å²) in [6.45, 7) is 1.84. The van der Waals surface area contributed by atoms with Gasteiger partial charge in [-0.05, 0) is 25.0 Å². The van der Waals surface area contributed by atoms with Crippen LogP contribution in [-0.2, 0) is 14.6 Å². The smallest absolute Gasteiger partial charge is 0.223 e. The van der Waals surface area contributed by atoms with Crippen LogP contribution in [0.3, 0.4) is 0 Å². The zero-order valence-corrected chi connectivity index (χ0v) is 15.0.